The topological polar surface area (TPSA) is 41.6 Å². The maximum atomic E-state index is 12.2. The van der Waals surface area contributed by atoms with Crippen molar-refractivity contribution in [3.8, 4) is 5.75 Å². The number of hydrogen-bond acceptors (Lipinski definition) is 3. The van der Waals surface area contributed by atoms with E-state index >= 15 is 0 Å². The first-order valence-electron chi connectivity index (χ1n) is 8.72. The van der Waals surface area contributed by atoms with Gasteiger partial charge in [0, 0.05) is 30.7 Å². The Kier molecular flexibility index (Phi) is 5.53. The van der Waals surface area contributed by atoms with Gasteiger partial charge in [-0.25, -0.2) is 0 Å². The summed E-state index contributed by atoms with van der Waals surface area (Å²) in [5, 5.41) is 3.19. The van der Waals surface area contributed by atoms with Crippen LogP contribution in [0, 0.1) is 5.92 Å². The van der Waals surface area contributed by atoms with E-state index in [4.69, 9.17) is 0 Å². The molecule has 0 atom stereocenters. The molecule has 2 aliphatic rings. The summed E-state index contributed by atoms with van der Waals surface area (Å²) >= 11 is 0. The van der Waals surface area contributed by atoms with Gasteiger partial charge in [-0.3, -0.25) is 4.79 Å². The smallest absolute Gasteiger partial charge is 0.387 e. The van der Waals surface area contributed by atoms with Gasteiger partial charge in [0.15, 0.2) is 0 Å². The molecule has 24 heavy (non-hydrogen) atoms. The third-order valence-corrected chi connectivity index (χ3v) is 4.99. The van der Waals surface area contributed by atoms with Gasteiger partial charge in [0.1, 0.15) is 5.75 Å². The fraction of sp³-hybridized carbons (Fsp3) is 0.611. The van der Waals surface area contributed by atoms with Crippen molar-refractivity contribution in [1.82, 2.24) is 5.32 Å². The van der Waals surface area contributed by atoms with Gasteiger partial charge in [-0.1, -0.05) is 12.8 Å². The summed E-state index contributed by atoms with van der Waals surface area (Å²) in [6.07, 6.45) is 6.21. The Hall–Kier alpha value is -1.85. The quantitative estimate of drug-likeness (QED) is 0.892. The Bertz CT molecular complexity index is 536. The summed E-state index contributed by atoms with van der Waals surface area (Å²) in [5.41, 5.74) is 0.997. The van der Waals surface area contributed by atoms with E-state index in [0.717, 1.165) is 44.5 Å². The molecule has 1 aromatic rings. The molecule has 1 N–H and O–H groups in total. The number of piperidine rings is 1. The summed E-state index contributed by atoms with van der Waals surface area (Å²) in [6.45, 7) is -1.09. The number of ether oxygens (including phenoxy) is 1. The number of benzene rings is 1. The van der Waals surface area contributed by atoms with E-state index < -0.39 is 6.61 Å². The van der Waals surface area contributed by atoms with Crippen LogP contribution in [0.4, 0.5) is 14.5 Å². The van der Waals surface area contributed by atoms with Crippen molar-refractivity contribution < 1.29 is 18.3 Å². The molecule has 1 saturated heterocycles. The summed E-state index contributed by atoms with van der Waals surface area (Å²) < 4.78 is 28.7. The second kappa shape index (κ2) is 7.81. The van der Waals surface area contributed by atoms with Crippen LogP contribution in [0.5, 0.6) is 5.75 Å². The van der Waals surface area contributed by atoms with Gasteiger partial charge in [0.25, 0.3) is 0 Å². The molecule has 6 heteroatoms. The Balaban J connectivity index is 1.47. The number of alkyl halides is 2. The Morgan fingerprint density at radius 2 is 1.71 bits per heavy atom. The molecule has 0 bridgehead atoms. The number of anilines is 1. The van der Waals surface area contributed by atoms with E-state index in [2.05, 4.69) is 15.0 Å². The van der Waals surface area contributed by atoms with E-state index in [1.165, 1.54) is 12.8 Å². The maximum absolute atomic E-state index is 12.2. The number of hydrogen-bond donors (Lipinski definition) is 1. The lowest BCUT2D eigenvalue weighted by molar-refractivity contribution is -0.125. The normalized spacial score (nSPS) is 19.7. The average molecular weight is 338 g/mol. The summed E-state index contributed by atoms with van der Waals surface area (Å²) in [4.78, 5) is 14.4. The highest BCUT2D eigenvalue weighted by molar-refractivity contribution is 5.79. The largest absolute Gasteiger partial charge is 0.435 e. The Morgan fingerprint density at radius 3 is 2.29 bits per heavy atom. The third-order valence-electron chi connectivity index (χ3n) is 4.99. The van der Waals surface area contributed by atoms with Crippen LogP contribution in [0.3, 0.4) is 0 Å². The number of nitrogens with one attached hydrogen (secondary N) is 1. The molecule has 0 spiro atoms. The minimum Gasteiger partial charge on any atom is -0.435 e. The summed E-state index contributed by atoms with van der Waals surface area (Å²) in [6, 6.07) is 6.98. The van der Waals surface area contributed by atoms with E-state index in [0.29, 0.717) is 0 Å². The van der Waals surface area contributed by atoms with Crippen LogP contribution >= 0.6 is 0 Å². The fourth-order valence-electron chi connectivity index (χ4n) is 3.63. The average Bonchev–Trinajstić information content (AvgIpc) is 3.10. The summed E-state index contributed by atoms with van der Waals surface area (Å²) in [5.74, 6) is 0.609. The van der Waals surface area contributed by atoms with Crippen molar-refractivity contribution >= 4 is 11.6 Å². The lowest BCUT2D eigenvalue weighted by Gasteiger charge is -2.34. The van der Waals surface area contributed by atoms with E-state index in [9.17, 15) is 13.6 Å². The predicted octanol–water partition coefficient (Wildman–Crippen LogP) is 3.56. The lowest BCUT2D eigenvalue weighted by Crippen LogP contribution is -2.46. The van der Waals surface area contributed by atoms with Gasteiger partial charge < -0.3 is 15.0 Å². The van der Waals surface area contributed by atoms with Crippen molar-refractivity contribution in [1.29, 1.82) is 0 Å². The number of halogens is 2. The molecule has 1 aliphatic carbocycles. The number of rotatable bonds is 5. The molecule has 1 aromatic carbocycles. The van der Waals surface area contributed by atoms with E-state index in [-0.39, 0.29) is 23.6 Å². The van der Waals surface area contributed by atoms with Crippen LogP contribution in [-0.2, 0) is 4.79 Å². The molecule has 0 aromatic heterocycles. The van der Waals surface area contributed by atoms with Crippen LogP contribution in [-0.4, -0.2) is 31.7 Å². The first kappa shape index (κ1) is 17.0. The molecule has 1 amide bonds. The van der Waals surface area contributed by atoms with Crippen molar-refractivity contribution in [3.05, 3.63) is 24.3 Å². The Labute approximate surface area is 141 Å². The fourth-order valence-corrected chi connectivity index (χ4v) is 3.63. The molecular weight excluding hydrogens is 314 g/mol. The molecule has 0 unspecified atom stereocenters. The van der Waals surface area contributed by atoms with Crippen LogP contribution in [0.25, 0.3) is 0 Å². The highest BCUT2D eigenvalue weighted by Gasteiger charge is 2.26. The second-order valence-electron chi connectivity index (χ2n) is 6.62. The molecule has 4 nitrogen and oxygen atoms in total. The minimum absolute atomic E-state index is 0.174. The minimum atomic E-state index is -2.80. The molecule has 1 saturated carbocycles. The number of carbonyl (C=O) groups excluding carboxylic acids is 1. The van der Waals surface area contributed by atoms with Crippen LogP contribution in [0.1, 0.15) is 38.5 Å². The highest BCUT2D eigenvalue weighted by Crippen LogP contribution is 2.26. The number of nitrogens with zero attached hydrogens (tertiary/aromatic N) is 1. The van der Waals surface area contributed by atoms with Crippen molar-refractivity contribution in [3.63, 3.8) is 0 Å². The zero-order chi connectivity index (χ0) is 16.9. The molecule has 2 fully saturated rings. The van der Waals surface area contributed by atoms with E-state index in [1.54, 1.807) is 24.3 Å². The molecule has 1 heterocycles. The molecule has 0 radical (unpaired) electrons. The lowest BCUT2D eigenvalue weighted by atomic mass is 10.0. The van der Waals surface area contributed by atoms with Crippen LogP contribution < -0.4 is 15.0 Å². The van der Waals surface area contributed by atoms with Crippen LogP contribution in [0.15, 0.2) is 24.3 Å². The zero-order valence-electron chi connectivity index (χ0n) is 13.7. The van der Waals surface area contributed by atoms with Gasteiger partial charge in [0.2, 0.25) is 5.91 Å². The summed E-state index contributed by atoms with van der Waals surface area (Å²) in [7, 11) is 0. The standard InChI is InChI=1S/C18H24F2N2O2/c19-18(20)24-16-7-5-15(6-8-16)22-11-9-14(10-12-22)21-17(23)13-3-1-2-4-13/h5-8,13-14,18H,1-4,9-12H2,(H,21,23). The molecule has 3 rings (SSSR count). The third kappa shape index (κ3) is 4.36. The number of carbonyl (C=O) groups is 1. The van der Waals surface area contributed by atoms with Crippen LogP contribution in [0.2, 0.25) is 0 Å². The first-order valence-corrected chi connectivity index (χ1v) is 8.72. The Morgan fingerprint density at radius 1 is 1.08 bits per heavy atom. The van der Waals surface area contributed by atoms with Gasteiger partial charge in [0.05, 0.1) is 0 Å². The van der Waals surface area contributed by atoms with Crippen molar-refractivity contribution in [2.45, 2.75) is 51.2 Å². The van der Waals surface area contributed by atoms with Gasteiger partial charge in [-0.15, -0.1) is 0 Å². The van der Waals surface area contributed by atoms with Gasteiger partial charge in [-0.2, -0.15) is 8.78 Å². The maximum Gasteiger partial charge on any atom is 0.387 e. The SMILES string of the molecule is O=C(NC1CCN(c2ccc(OC(F)F)cc2)CC1)C1CCCC1. The second-order valence-corrected chi connectivity index (χ2v) is 6.62. The van der Waals surface area contributed by atoms with Crippen molar-refractivity contribution in [2.75, 3.05) is 18.0 Å². The van der Waals surface area contributed by atoms with Crippen molar-refractivity contribution in [2.24, 2.45) is 5.92 Å². The highest BCUT2D eigenvalue weighted by atomic mass is 19.3. The monoisotopic (exact) mass is 338 g/mol. The van der Waals surface area contributed by atoms with Gasteiger partial charge >= 0.3 is 6.61 Å². The number of amides is 1. The van der Waals surface area contributed by atoms with Gasteiger partial charge in [-0.05, 0) is 49.9 Å². The zero-order valence-corrected chi connectivity index (χ0v) is 13.7. The first-order chi connectivity index (χ1) is 11.6. The molecule has 132 valence electrons. The predicted molar refractivity (Wildman–Crippen MR) is 88.4 cm³/mol. The molecular formula is C18H24F2N2O2. The van der Waals surface area contributed by atoms with E-state index in [1.807, 2.05) is 0 Å². The molecule has 1 aliphatic heterocycles.